The molecule has 0 atom stereocenters. The van der Waals surface area contributed by atoms with Gasteiger partial charge in [-0.05, 0) is 37.0 Å². The predicted molar refractivity (Wildman–Crippen MR) is 114 cm³/mol. The number of unbranched alkanes of at least 4 members (excludes halogenated alkanes) is 13. The van der Waals surface area contributed by atoms with Crippen LogP contribution < -0.4 is 0 Å². The van der Waals surface area contributed by atoms with Gasteiger partial charge in [-0.2, -0.15) is 0 Å². The summed E-state index contributed by atoms with van der Waals surface area (Å²) in [5.74, 6) is 0. The Morgan fingerprint density at radius 1 is 0.542 bits per heavy atom. The number of hydrogen-bond acceptors (Lipinski definition) is 0. The standard InChI is InChI=1S/C22H36BrCl/c23-20-14-12-10-8-6-4-2-1-3-5-7-9-11-13-15-21-16-18-22(24)19-17-21/h16-19H,1-15,20H2. The van der Waals surface area contributed by atoms with Crippen LogP contribution >= 0.6 is 27.5 Å². The lowest BCUT2D eigenvalue weighted by atomic mass is 10.0. The van der Waals surface area contributed by atoms with Crippen LogP contribution in [0.5, 0.6) is 0 Å². The van der Waals surface area contributed by atoms with Crippen LogP contribution in [0.2, 0.25) is 5.02 Å². The molecule has 0 aliphatic rings. The fourth-order valence-electron chi connectivity index (χ4n) is 3.20. The first-order chi connectivity index (χ1) is 11.8. The molecule has 0 heterocycles. The highest BCUT2D eigenvalue weighted by Crippen LogP contribution is 2.15. The minimum Gasteiger partial charge on any atom is -0.0928 e. The predicted octanol–water partition coefficient (Wildman–Crippen LogP) is 8.74. The van der Waals surface area contributed by atoms with Crippen molar-refractivity contribution >= 4 is 27.5 Å². The maximum atomic E-state index is 5.91. The smallest absolute Gasteiger partial charge is 0.0406 e. The molecular weight excluding hydrogens is 380 g/mol. The molecule has 2 heteroatoms. The van der Waals surface area contributed by atoms with Crippen molar-refractivity contribution in [3.63, 3.8) is 0 Å². The summed E-state index contributed by atoms with van der Waals surface area (Å²) >= 11 is 9.40. The van der Waals surface area contributed by atoms with Gasteiger partial charge in [0.05, 0.1) is 0 Å². The third-order valence-electron chi connectivity index (χ3n) is 4.76. The van der Waals surface area contributed by atoms with Crippen LogP contribution in [0.3, 0.4) is 0 Å². The number of hydrogen-bond donors (Lipinski definition) is 0. The molecule has 1 aromatic carbocycles. The van der Waals surface area contributed by atoms with Gasteiger partial charge in [0.15, 0.2) is 0 Å². The highest BCUT2D eigenvalue weighted by atomic mass is 79.9. The van der Waals surface area contributed by atoms with Gasteiger partial charge in [0, 0.05) is 10.4 Å². The molecule has 0 radical (unpaired) electrons. The molecule has 0 saturated heterocycles. The molecule has 0 nitrogen and oxygen atoms in total. The van der Waals surface area contributed by atoms with Crippen LogP contribution in [0.1, 0.15) is 95.5 Å². The molecule has 0 saturated carbocycles. The van der Waals surface area contributed by atoms with Gasteiger partial charge in [-0.15, -0.1) is 0 Å². The summed E-state index contributed by atoms with van der Waals surface area (Å²) in [5.41, 5.74) is 1.42. The topological polar surface area (TPSA) is 0 Å². The molecular formula is C22H36BrCl. The maximum Gasteiger partial charge on any atom is 0.0406 e. The van der Waals surface area contributed by atoms with Crippen molar-refractivity contribution in [3.8, 4) is 0 Å². The zero-order valence-electron chi connectivity index (χ0n) is 15.4. The van der Waals surface area contributed by atoms with E-state index in [-0.39, 0.29) is 0 Å². The second kappa shape index (κ2) is 16.5. The van der Waals surface area contributed by atoms with E-state index in [0.717, 1.165) is 5.02 Å². The Labute approximate surface area is 163 Å². The second-order valence-corrected chi connectivity index (χ2v) is 8.24. The van der Waals surface area contributed by atoms with E-state index in [4.69, 9.17) is 11.6 Å². The lowest BCUT2D eigenvalue weighted by Gasteiger charge is -2.04. The van der Waals surface area contributed by atoms with Crippen LogP contribution in [-0.2, 0) is 6.42 Å². The number of halogens is 2. The minimum atomic E-state index is 0.841. The van der Waals surface area contributed by atoms with E-state index in [1.165, 1.54) is 107 Å². The molecule has 0 bridgehead atoms. The molecule has 1 aromatic rings. The van der Waals surface area contributed by atoms with Crippen molar-refractivity contribution in [2.75, 3.05) is 5.33 Å². The second-order valence-electron chi connectivity index (χ2n) is 7.02. The normalized spacial score (nSPS) is 11.1. The summed E-state index contributed by atoms with van der Waals surface area (Å²) in [6.07, 6.45) is 21.0. The van der Waals surface area contributed by atoms with Gasteiger partial charge in [0.1, 0.15) is 0 Å². The third-order valence-corrected chi connectivity index (χ3v) is 5.58. The van der Waals surface area contributed by atoms with Crippen LogP contribution in [0.4, 0.5) is 0 Å². The number of aryl methyl sites for hydroxylation is 1. The van der Waals surface area contributed by atoms with Crippen LogP contribution in [-0.4, -0.2) is 5.33 Å². The van der Waals surface area contributed by atoms with Gasteiger partial charge in [-0.3, -0.25) is 0 Å². The summed E-state index contributed by atoms with van der Waals surface area (Å²) in [5, 5.41) is 2.02. The fourth-order valence-corrected chi connectivity index (χ4v) is 3.72. The van der Waals surface area contributed by atoms with Crippen molar-refractivity contribution in [2.24, 2.45) is 0 Å². The largest absolute Gasteiger partial charge is 0.0928 e. The highest BCUT2D eigenvalue weighted by Gasteiger charge is 1.96. The van der Waals surface area contributed by atoms with Crippen molar-refractivity contribution in [3.05, 3.63) is 34.9 Å². The van der Waals surface area contributed by atoms with E-state index in [1.54, 1.807) is 0 Å². The quantitative estimate of drug-likeness (QED) is 0.187. The first kappa shape index (κ1) is 22.0. The summed E-state index contributed by atoms with van der Waals surface area (Å²) in [6.45, 7) is 0. The lowest BCUT2D eigenvalue weighted by Crippen LogP contribution is -1.86. The Hall–Kier alpha value is -0.0100. The first-order valence-electron chi connectivity index (χ1n) is 10.1. The van der Waals surface area contributed by atoms with E-state index in [1.807, 2.05) is 12.1 Å². The Kier molecular flexibility index (Phi) is 15.1. The van der Waals surface area contributed by atoms with Gasteiger partial charge in [0.2, 0.25) is 0 Å². The molecule has 0 aromatic heterocycles. The Balaban J connectivity index is 1.75. The minimum absolute atomic E-state index is 0.841. The van der Waals surface area contributed by atoms with Crippen LogP contribution in [0.15, 0.2) is 24.3 Å². The van der Waals surface area contributed by atoms with Crippen LogP contribution in [0.25, 0.3) is 0 Å². The number of rotatable bonds is 16. The Morgan fingerprint density at radius 3 is 1.33 bits per heavy atom. The van der Waals surface area contributed by atoms with Crippen molar-refractivity contribution in [2.45, 2.75) is 96.3 Å². The fraction of sp³-hybridized carbons (Fsp3) is 0.727. The molecule has 0 N–H and O–H groups in total. The molecule has 0 unspecified atom stereocenters. The van der Waals surface area contributed by atoms with Gasteiger partial charge in [-0.1, -0.05) is 117 Å². The van der Waals surface area contributed by atoms with Crippen molar-refractivity contribution < 1.29 is 0 Å². The van der Waals surface area contributed by atoms with E-state index >= 15 is 0 Å². The highest BCUT2D eigenvalue weighted by molar-refractivity contribution is 9.09. The first-order valence-corrected chi connectivity index (χ1v) is 11.6. The Bertz CT molecular complexity index is 374. The van der Waals surface area contributed by atoms with Gasteiger partial charge in [-0.25, -0.2) is 0 Å². The number of alkyl halides is 1. The lowest BCUT2D eigenvalue weighted by molar-refractivity contribution is 0.536. The maximum absolute atomic E-state index is 5.91. The molecule has 138 valence electrons. The summed E-state index contributed by atoms with van der Waals surface area (Å²) in [6, 6.07) is 8.31. The van der Waals surface area contributed by atoms with E-state index in [2.05, 4.69) is 28.1 Å². The van der Waals surface area contributed by atoms with Gasteiger partial charge in [0.25, 0.3) is 0 Å². The summed E-state index contributed by atoms with van der Waals surface area (Å²) in [4.78, 5) is 0. The monoisotopic (exact) mass is 414 g/mol. The molecule has 0 amide bonds. The van der Waals surface area contributed by atoms with Crippen molar-refractivity contribution in [1.82, 2.24) is 0 Å². The molecule has 24 heavy (non-hydrogen) atoms. The summed E-state index contributed by atoms with van der Waals surface area (Å²) in [7, 11) is 0. The van der Waals surface area contributed by atoms with E-state index < -0.39 is 0 Å². The van der Waals surface area contributed by atoms with Crippen LogP contribution in [0, 0.1) is 0 Å². The molecule has 1 rings (SSSR count). The van der Waals surface area contributed by atoms with Crippen molar-refractivity contribution in [1.29, 1.82) is 0 Å². The van der Waals surface area contributed by atoms with Gasteiger partial charge < -0.3 is 0 Å². The van der Waals surface area contributed by atoms with Gasteiger partial charge >= 0.3 is 0 Å². The van der Waals surface area contributed by atoms with E-state index in [9.17, 15) is 0 Å². The third kappa shape index (κ3) is 13.3. The average molecular weight is 416 g/mol. The number of benzene rings is 1. The zero-order valence-corrected chi connectivity index (χ0v) is 17.7. The SMILES string of the molecule is Clc1ccc(CCCCCCCCCCCCCCCCBr)cc1. The molecule has 0 aliphatic carbocycles. The average Bonchev–Trinajstić information content (AvgIpc) is 2.60. The molecule has 0 fully saturated rings. The molecule has 0 aliphatic heterocycles. The summed E-state index contributed by atoms with van der Waals surface area (Å²) < 4.78 is 0. The van der Waals surface area contributed by atoms with E-state index in [0.29, 0.717) is 0 Å². The Morgan fingerprint density at radius 2 is 0.917 bits per heavy atom. The zero-order chi connectivity index (χ0) is 17.3. The molecule has 0 spiro atoms.